The molecular weight excluding hydrogens is 470 g/mol. The molecule has 5 rings (SSSR count). The van der Waals surface area contributed by atoms with E-state index in [9.17, 15) is 19.8 Å². The summed E-state index contributed by atoms with van der Waals surface area (Å²) in [5, 5.41) is 23.6. The third kappa shape index (κ3) is 4.59. The Hall–Kier alpha value is -4.05. The van der Waals surface area contributed by atoms with Gasteiger partial charge in [-0.25, -0.2) is 24.3 Å². The molecule has 3 aliphatic rings. The number of likely N-dealkylation sites (tertiary alicyclic amines) is 1. The fourth-order valence-corrected chi connectivity index (χ4v) is 4.25. The first kappa shape index (κ1) is 23.7. The van der Waals surface area contributed by atoms with Crippen molar-refractivity contribution >= 4 is 34.9 Å². The van der Waals surface area contributed by atoms with E-state index in [0.29, 0.717) is 25.4 Å². The van der Waals surface area contributed by atoms with Gasteiger partial charge in [0.15, 0.2) is 28.8 Å². The number of fused-ring (bicyclic) bond motifs is 1. The van der Waals surface area contributed by atoms with Gasteiger partial charge in [-0.15, -0.1) is 0 Å². The fraction of sp³-hybridized carbons (Fsp3) is 0.522. The van der Waals surface area contributed by atoms with Crippen molar-refractivity contribution < 1.29 is 29.3 Å². The van der Waals surface area contributed by atoms with Crippen LogP contribution >= 0.6 is 0 Å². The largest absolute Gasteiger partial charge is 0.505 e. The minimum absolute atomic E-state index is 0.0719. The lowest BCUT2D eigenvalue weighted by Crippen LogP contribution is -2.42. The number of carbonyl (C=O) groups is 2. The number of amides is 2. The van der Waals surface area contributed by atoms with Crippen LogP contribution in [0.15, 0.2) is 12.1 Å². The third-order valence-corrected chi connectivity index (χ3v) is 6.49. The van der Waals surface area contributed by atoms with Crippen LogP contribution in [-0.4, -0.2) is 85.1 Å². The molecule has 13 nitrogen and oxygen atoms in total. The van der Waals surface area contributed by atoms with Crippen LogP contribution in [0.3, 0.4) is 0 Å². The summed E-state index contributed by atoms with van der Waals surface area (Å²) in [6.45, 7) is 1.25. The van der Waals surface area contributed by atoms with Gasteiger partial charge in [0.05, 0.1) is 7.11 Å². The number of hydrogen-bond acceptors (Lipinski definition) is 10. The number of anilines is 1. The van der Waals surface area contributed by atoms with Gasteiger partial charge in [-0.05, 0) is 37.5 Å². The van der Waals surface area contributed by atoms with Crippen molar-refractivity contribution in [1.29, 1.82) is 0 Å². The molecule has 1 aliphatic carbocycles. The zero-order chi connectivity index (χ0) is 25.4. The van der Waals surface area contributed by atoms with E-state index in [0.717, 1.165) is 25.7 Å². The van der Waals surface area contributed by atoms with Gasteiger partial charge in [-0.3, -0.25) is 4.79 Å². The van der Waals surface area contributed by atoms with Gasteiger partial charge in [0.2, 0.25) is 17.8 Å². The second-order valence-corrected chi connectivity index (χ2v) is 9.08. The molecule has 36 heavy (non-hydrogen) atoms. The maximum absolute atomic E-state index is 12.4. The van der Waals surface area contributed by atoms with Crippen LogP contribution in [0.2, 0.25) is 0 Å². The van der Waals surface area contributed by atoms with E-state index >= 15 is 0 Å². The molecule has 2 aromatic heterocycles. The second kappa shape index (κ2) is 9.54. The van der Waals surface area contributed by atoms with Crippen LogP contribution in [0.25, 0.3) is 17.0 Å². The Labute approximate surface area is 206 Å². The Bertz CT molecular complexity index is 1280. The zero-order valence-corrected chi connectivity index (χ0v) is 19.7. The van der Waals surface area contributed by atoms with Crippen molar-refractivity contribution in [2.24, 2.45) is 5.92 Å². The number of imidazole rings is 1. The zero-order valence-electron chi connectivity index (χ0n) is 19.7. The van der Waals surface area contributed by atoms with E-state index in [1.807, 2.05) is 0 Å². The summed E-state index contributed by atoms with van der Waals surface area (Å²) in [6, 6.07) is 0.0719. The molecule has 0 bridgehead atoms. The van der Waals surface area contributed by atoms with Gasteiger partial charge in [-0.2, -0.15) is 0 Å². The van der Waals surface area contributed by atoms with Crippen LogP contribution in [0.5, 0.6) is 0 Å². The lowest BCUT2D eigenvalue weighted by molar-refractivity contribution is -0.132. The van der Waals surface area contributed by atoms with Crippen molar-refractivity contribution in [3.05, 3.63) is 17.9 Å². The molecule has 1 unspecified atom stereocenters. The summed E-state index contributed by atoms with van der Waals surface area (Å²) in [6.07, 6.45) is 2.18. The smallest absolute Gasteiger partial charge is 0.409 e. The SMILES string of the molecule is COC(=O)N1CCC(CC#Cc2nc(N)c3ncn(C4=C(O)C(O)[C@@H](C(=O)NC5CC5)O4)c3n2)CC1. The molecule has 5 N–H and O–H groups in total. The van der Waals surface area contributed by atoms with Crippen molar-refractivity contribution in [3.63, 3.8) is 0 Å². The summed E-state index contributed by atoms with van der Waals surface area (Å²) < 4.78 is 11.7. The lowest BCUT2D eigenvalue weighted by Gasteiger charge is -2.29. The monoisotopic (exact) mass is 497 g/mol. The van der Waals surface area contributed by atoms with Gasteiger partial charge in [0.25, 0.3) is 5.91 Å². The molecule has 0 aromatic carbocycles. The number of methoxy groups -OCH3 is 1. The van der Waals surface area contributed by atoms with E-state index < -0.39 is 23.9 Å². The second-order valence-electron chi connectivity index (χ2n) is 9.08. The highest BCUT2D eigenvalue weighted by Gasteiger charge is 2.43. The molecule has 4 heterocycles. The van der Waals surface area contributed by atoms with E-state index in [4.69, 9.17) is 15.2 Å². The van der Waals surface area contributed by atoms with Crippen molar-refractivity contribution in [2.75, 3.05) is 25.9 Å². The summed E-state index contributed by atoms with van der Waals surface area (Å²) >= 11 is 0. The minimum Gasteiger partial charge on any atom is -0.505 e. The first-order valence-electron chi connectivity index (χ1n) is 11.8. The number of ether oxygens (including phenoxy) is 2. The number of nitrogens with zero attached hydrogens (tertiary/aromatic N) is 5. The molecule has 2 atom stereocenters. The molecule has 1 saturated heterocycles. The van der Waals surface area contributed by atoms with E-state index in [-0.39, 0.29) is 40.8 Å². The van der Waals surface area contributed by atoms with Crippen LogP contribution in [-0.2, 0) is 14.3 Å². The van der Waals surface area contributed by atoms with Crippen LogP contribution in [0.1, 0.15) is 37.9 Å². The molecule has 190 valence electrons. The Morgan fingerprint density at radius 2 is 2.03 bits per heavy atom. The Morgan fingerprint density at radius 1 is 1.28 bits per heavy atom. The number of aliphatic hydroxyl groups is 2. The van der Waals surface area contributed by atoms with Crippen LogP contribution in [0, 0.1) is 17.8 Å². The predicted octanol–water partition coefficient (Wildman–Crippen LogP) is 0.351. The molecular formula is C23H27N7O6. The maximum atomic E-state index is 12.4. The van der Waals surface area contributed by atoms with E-state index in [2.05, 4.69) is 32.1 Å². The number of hydrogen-bond donors (Lipinski definition) is 4. The number of nitrogen functional groups attached to an aromatic ring is 1. The van der Waals surface area contributed by atoms with Crippen molar-refractivity contribution in [2.45, 2.75) is 50.4 Å². The number of piperidine rings is 1. The average molecular weight is 498 g/mol. The maximum Gasteiger partial charge on any atom is 0.409 e. The Morgan fingerprint density at radius 3 is 2.72 bits per heavy atom. The van der Waals surface area contributed by atoms with Crippen LogP contribution in [0.4, 0.5) is 10.6 Å². The average Bonchev–Trinajstić information content (AvgIpc) is 3.51. The predicted molar refractivity (Wildman–Crippen MR) is 126 cm³/mol. The summed E-state index contributed by atoms with van der Waals surface area (Å²) in [4.78, 5) is 38.5. The lowest BCUT2D eigenvalue weighted by atomic mass is 9.94. The van der Waals surface area contributed by atoms with Gasteiger partial charge in [0, 0.05) is 25.6 Å². The molecule has 13 heteroatoms. The molecule has 0 spiro atoms. The molecule has 2 amide bonds. The number of carbonyl (C=O) groups excluding carboxylic acids is 2. The molecule has 0 radical (unpaired) electrons. The van der Waals surface area contributed by atoms with E-state index in [1.54, 1.807) is 4.90 Å². The number of nitrogens with one attached hydrogen (secondary N) is 1. The highest BCUT2D eigenvalue weighted by Crippen LogP contribution is 2.31. The van der Waals surface area contributed by atoms with Crippen molar-refractivity contribution in [3.8, 4) is 11.8 Å². The number of rotatable bonds is 4. The first-order chi connectivity index (χ1) is 17.4. The third-order valence-electron chi connectivity index (χ3n) is 6.49. The topological polar surface area (TPSA) is 178 Å². The standard InChI is InChI=1S/C23H27N7O6/c1-35-23(34)29-9-7-12(8-10-29)3-2-4-14-27-19(24)15-20(28-14)30(11-25-15)22-17(32)16(31)18(36-22)21(33)26-13-5-6-13/h11-13,16,18,31-32H,3,5-10H2,1H3,(H,26,33)(H2,24,27,28)/t16?,18-/m0/s1. The minimum atomic E-state index is -1.53. The van der Waals surface area contributed by atoms with Gasteiger partial charge in [0.1, 0.15) is 6.33 Å². The van der Waals surface area contributed by atoms with Crippen molar-refractivity contribution in [1.82, 2.24) is 29.7 Å². The number of aliphatic hydroxyl groups excluding tert-OH is 2. The number of nitrogens with two attached hydrogens (primary N) is 1. The van der Waals surface area contributed by atoms with Gasteiger partial charge < -0.3 is 35.6 Å². The van der Waals surface area contributed by atoms with Crippen LogP contribution < -0.4 is 11.1 Å². The Kier molecular flexibility index (Phi) is 6.27. The number of aromatic nitrogens is 4. The fourth-order valence-electron chi connectivity index (χ4n) is 4.25. The highest BCUT2D eigenvalue weighted by atomic mass is 16.5. The molecule has 2 fully saturated rings. The summed E-state index contributed by atoms with van der Waals surface area (Å²) in [7, 11) is 1.37. The van der Waals surface area contributed by atoms with Gasteiger partial charge in [-0.1, -0.05) is 5.92 Å². The highest BCUT2D eigenvalue weighted by molar-refractivity contribution is 5.87. The first-order valence-corrected chi connectivity index (χ1v) is 11.8. The summed E-state index contributed by atoms with van der Waals surface area (Å²) in [5.74, 6) is 5.43. The quantitative estimate of drug-likeness (QED) is 0.431. The van der Waals surface area contributed by atoms with E-state index in [1.165, 1.54) is 18.0 Å². The summed E-state index contributed by atoms with van der Waals surface area (Å²) in [5.41, 5.74) is 6.54. The van der Waals surface area contributed by atoms with Gasteiger partial charge >= 0.3 is 6.09 Å². The normalized spacial score (nSPS) is 22.2. The molecule has 1 saturated carbocycles. The molecule has 2 aromatic rings. The molecule has 2 aliphatic heterocycles. The Balaban J connectivity index is 1.31.